The monoisotopic (exact) mass is 286 g/mol. The van der Waals surface area contributed by atoms with E-state index in [2.05, 4.69) is 10.3 Å². The van der Waals surface area contributed by atoms with Crippen LogP contribution in [0.3, 0.4) is 0 Å². The SMILES string of the molecule is CC(C)NC(=O)CN(C)S(=O)(=O)c1cccnc1N. The van der Waals surface area contributed by atoms with E-state index in [9.17, 15) is 13.2 Å². The number of likely N-dealkylation sites (N-methyl/N-ethyl adjacent to an activating group) is 1. The van der Waals surface area contributed by atoms with Gasteiger partial charge >= 0.3 is 0 Å². The molecule has 106 valence electrons. The number of hydrogen-bond acceptors (Lipinski definition) is 5. The molecule has 8 heteroatoms. The molecule has 0 saturated heterocycles. The average Bonchev–Trinajstić information content (AvgIpc) is 2.27. The number of nitrogens with two attached hydrogens (primary N) is 1. The lowest BCUT2D eigenvalue weighted by atomic mass is 10.4. The summed E-state index contributed by atoms with van der Waals surface area (Å²) in [6, 6.07) is 2.78. The van der Waals surface area contributed by atoms with Gasteiger partial charge < -0.3 is 11.1 Å². The van der Waals surface area contributed by atoms with Crippen molar-refractivity contribution in [3.8, 4) is 0 Å². The van der Waals surface area contributed by atoms with Crippen LogP contribution in [-0.4, -0.2) is 43.2 Å². The second kappa shape index (κ2) is 5.98. The van der Waals surface area contributed by atoms with Gasteiger partial charge in [0.2, 0.25) is 15.9 Å². The molecule has 0 aromatic carbocycles. The van der Waals surface area contributed by atoms with Crippen molar-refractivity contribution in [1.82, 2.24) is 14.6 Å². The molecule has 0 bridgehead atoms. The second-order valence-corrected chi connectivity index (χ2v) is 6.38. The van der Waals surface area contributed by atoms with E-state index < -0.39 is 10.0 Å². The Morgan fingerprint density at radius 1 is 1.53 bits per heavy atom. The first-order valence-corrected chi connectivity index (χ1v) is 7.15. The number of sulfonamides is 1. The number of nitrogen functional groups attached to an aromatic ring is 1. The first-order valence-electron chi connectivity index (χ1n) is 5.71. The highest BCUT2D eigenvalue weighted by Crippen LogP contribution is 2.18. The first kappa shape index (κ1) is 15.4. The summed E-state index contributed by atoms with van der Waals surface area (Å²) >= 11 is 0. The minimum absolute atomic E-state index is 0.0490. The number of nitrogens with one attached hydrogen (secondary N) is 1. The van der Waals surface area contributed by atoms with E-state index in [0.717, 1.165) is 4.31 Å². The largest absolute Gasteiger partial charge is 0.383 e. The molecule has 0 atom stereocenters. The number of carbonyl (C=O) groups is 1. The molecule has 0 saturated carbocycles. The zero-order valence-corrected chi connectivity index (χ0v) is 11.9. The number of pyridine rings is 1. The Bertz CT molecular complexity index is 557. The molecule has 0 aliphatic carbocycles. The topological polar surface area (TPSA) is 105 Å². The Morgan fingerprint density at radius 3 is 2.68 bits per heavy atom. The number of amides is 1. The fourth-order valence-electron chi connectivity index (χ4n) is 1.44. The van der Waals surface area contributed by atoms with Gasteiger partial charge in [-0.3, -0.25) is 4.79 Å². The van der Waals surface area contributed by atoms with Gasteiger partial charge in [0.25, 0.3) is 0 Å². The zero-order chi connectivity index (χ0) is 14.6. The van der Waals surface area contributed by atoms with Gasteiger partial charge in [0.15, 0.2) is 0 Å². The van der Waals surface area contributed by atoms with Crippen LogP contribution in [0.4, 0.5) is 5.82 Å². The quantitative estimate of drug-likeness (QED) is 0.780. The van der Waals surface area contributed by atoms with Crippen molar-refractivity contribution >= 4 is 21.7 Å². The molecule has 1 aromatic rings. The normalized spacial score (nSPS) is 11.8. The van der Waals surface area contributed by atoms with Crippen LogP contribution < -0.4 is 11.1 Å². The van der Waals surface area contributed by atoms with Gasteiger partial charge in [-0.1, -0.05) is 0 Å². The Balaban J connectivity index is 2.90. The Labute approximate surface area is 112 Å². The third-order valence-electron chi connectivity index (χ3n) is 2.30. The minimum atomic E-state index is -3.82. The van der Waals surface area contributed by atoms with Crippen molar-refractivity contribution < 1.29 is 13.2 Å². The highest BCUT2D eigenvalue weighted by Gasteiger charge is 2.25. The minimum Gasteiger partial charge on any atom is -0.383 e. The Morgan fingerprint density at radius 2 is 2.16 bits per heavy atom. The van der Waals surface area contributed by atoms with Crippen LogP contribution in [0.1, 0.15) is 13.8 Å². The molecule has 1 heterocycles. The summed E-state index contributed by atoms with van der Waals surface area (Å²) in [4.78, 5) is 15.2. The number of aromatic nitrogens is 1. The first-order chi connectivity index (χ1) is 8.75. The molecule has 1 rings (SSSR count). The van der Waals surface area contributed by atoms with Crippen molar-refractivity contribution in [1.29, 1.82) is 0 Å². The Hall–Kier alpha value is -1.67. The summed E-state index contributed by atoms with van der Waals surface area (Å²) in [5, 5.41) is 2.62. The summed E-state index contributed by atoms with van der Waals surface area (Å²) in [5.74, 6) is -0.456. The molecule has 7 nitrogen and oxygen atoms in total. The molecule has 0 spiro atoms. The third kappa shape index (κ3) is 3.90. The molecule has 0 radical (unpaired) electrons. The lowest BCUT2D eigenvalue weighted by Gasteiger charge is -2.18. The van der Waals surface area contributed by atoms with E-state index in [-0.39, 0.29) is 29.2 Å². The van der Waals surface area contributed by atoms with E-state index >= 15 is 0 Å². The molecule has 0 fully saturated rings. The second-order valence-electron chi connectivity index (χ2n) is 4.37. The van der Waals surface area contributed by atoms with Crippen LogP contribution in [0.5, 0.6) is 0 Å². The summed E-state index contributed by atoms with van der Waals surface area (Å²) < 4.78 is 25.3. The number of nitrogens with zero attached hydrogens (tertiary/aromatic N) is 2. The van der Waals surface area contributed by atoms with Gasteiger partial charge in [0, 0.05) is 19.3 Å². The van der Waals surface area contributed by atoms with Crippen LogP contribution in [0.15, 0.2) is 23.2 Å². The predicted octanol–water partition coefficient (Wildman–Crippen LogP) is -0.191. The van der Waals surface area contributed by atoms with Crippen LogP contribution >= 0.6 is 0 Å². The standard InChI is InChI=1S/C11H18N4O3S/c1-8(2)14-10(16)7-15(3)19(17,18)9-5-4-6-13-11(9)12/h4-6,8H,7H2,1-3H3,(H2,12,13)(H,14,16). The van der Waals surface area contributed by atoms with E-state index in [1.165, 1.54) is 25.4 Å². The van der Waals surface area contributed by atoms with Gasteiger partial charge in [-0.15, -0.1) is 0 Å². The maximum Gasteiger partial charge on any atom is 0.246 e. The highest BCUT2D eigenvalue weighted by molar-refractivity contribution is 7.89. The smallest absolute Gasteiger partial charge is 0.246 e. The average molecular weight is 286 g/mol. The molecule has 19 heavy (non-hydrogen) atoms. The lowest BCUT2D eigenvalue weighted by molar-refractivity contribution is -0.121. The fraction of sp³-hybridized carbons (Fsp3) is 0.455. The summed E-state index contributed by atoms with van der Waals surface area (Å²) in [7, 11) is -2.49. The van der Waals surface area contributed by atoms with E-state index in [1.54, 1.807) is 13.8 Å². The van der Waals surface area contributed by atoms with Crippen molar-refractivity contribution in [3.63, 3.8) is 0 Å². The van der Waals surface area contributed by atoms with Crippen LogP contribution in [-0.2, 0) is 14.8 Å². The van der Waals surface area contributed by atoms with Crippen LogP contribution in [0, 0.1) is 0 Å². The van der Waals surface area contributed by atoms with Crippen LogP contribution in [0.25, 0.3) is 0 Å². The van der Waals surface area contributed by atoms with Crippen molar-refractivity contribution in [2.45, 2.75) is 24.8 Å². The summed E-state index contributed by atoms with van der Waals surface area (Å²) in [6.07, 6.45) is 1.40. The van der Waals surface area contributed by atoms with Crippen LogP contribution in [0.2, 0.25) is 0 Å². The van der Waals surface area contributed by atoms with Crippen molar-refractivity contribution in [3.05, 3.63) is 18.3 Å². The van der Waals surface area contributed by atoms with Gasteiger partial charge in [-0.2, -0.15) is 4.31 Å². The van der Waals surface area contributed by atoms with E-state index in [1.807, 2.05) is 0 Å². The molecular formula is C11H18N4O3S. The molecular weight excluding hydrogens is 268 g/mol. The zero-order valence-electron chi connectivity index (χ0n) is 11.1. The Kier molecular flexibility index (Phi) is 4.84. The molecule has 0 aliphatic heterocycles. The number of rotatable bonds is 5. The van der Waals surface area contributed by atoms with Crippen molar-refractivity contribution in [2.24, 2.45) is 0 Å². The van der Waals surface area contributed by atoms with Gasteiger partial charge in [-0.25, -0.2) is 13.4 Å². The fourth-order valence-corrected chi connectivity index (χ4v) is 2.63. The summed E-state index contributed by atoms with van der Waals surface area (Å²) in [6.45, 7) is 3.33. The molecule has 0 aliphatic rings. The number of carbonyl (C=O) groups excluding carboxylic acids is 1. The molecule has 1 amide bonds. The van der Waals surface area contributed by atoms with E-state index in [0.29, 0.717) is 0 Å². The maximum absolute atomic E-state index is 12.2. The molecule has 0 unspecified atom stereocenters. The van der Waals surface area contributed by atoms with Gasteiger partial charge in [0.1, 0.15) is 10.7 Å². The lowest BCUT2D eigenvalue weighted by Crippen LogP contribution is -2.41. The predicted molar refractivity (Wildman–Crippen MR) is 71.7 cm³/mol. The van der Waals surface area contributed by atoms with Crippen molar-refractivity contribution in [2.75, 3.05) is 19.3 Å². The summed E-state index contributed by atoms with van der Waals surface area (Å²) in [5.41, 5.74) is 5.54. The maximum atomic E-state index is 12.2. The molecule has 3 N–H and O–H groups in total. The third-order valence-corrected chi connectivity index (χ3v) is 4.15. The highest BCUT2D eigenvalue weighted by atomic mass is 32.2. The number of hydrogen-bond donors (Lipinski definition) is 2. The van der Waals surface area contributed by atoms with E-state index in [4.69, 9.17) is 5.73 Å². The van der Waals surface area contributed by atoms with Gasteiger partial charge in [0.05, 0.1) is 6.54 Å². The van der Waals surface area contributed by atoms with Gasteiger partial charge in [-0.05, 0) is 26.0 Å². The number of anilines is 1. The molecule has 1 aromatic heterocycles.